The fourth-order valence-electron chi connectivity index (χ4n) is 1.87. The Hall–Kier alpha value is -1.75. The van der Waals surface area contributed by atoms with Crippen LogP contribution in [-0.2, 0) is 11.3 Å². The van der Waals surface area contributed by atoms with Gasteiger partial charge in [0.2, 0.25) is 5.91 Å². The van der Waals surface area contributed by atoms with Crippen LogP contribution in [0.15, 0.2) is 30.6 Å². The van der Waals surface area contributed by atoms with Gasteiger partial charge >= 0.3 is 0 Å². The standard InChI is InChI=1S/C15H19N3OS/c1-12-13(2)20-15(16-12)17-14(19)8-4-7-11-18-9-5-3-6-10-18/h3,5-6,9-10H,4,7-8,11H2,1-2H3/p+1. The molecule has 2 aromatic heterocycles. The van der Waals surface area contributed by atoms with E-state index in [0.29, 0.717) is 11.6 Å². The van der Waals surface area contributed by atoms with Crippen LogP contribution in [0.25, 0.3) is 0 Å². The van der Waals surface area contributed by atoms with Gasteiger partial charge in [-0.05, 0) is 20.3 Å². The Morgan fingerprint density at radius 2 is 2.00 bits per heavy atom. The van der Waals surface area contributed by atoms with E-state index < -0.39 is 0 Å². The zero-order chi connectivity index (χ0) is 14.4. The molecule has 0 saturated carbocycles. The second kappa shape index (κ2) is 7.14. The van der Waals surface area contributed by atoms with E-state index in [9.17, 15) is 4.79 Å². The Balaban J connectivity index is 1.68. The van der Waals surface area contributed by atoms with Gasteiger partial charge in [0, 0.05) is 29.9 Å². The van der Waals surface area contributed by atoms with Gasteiger partial charge in [-0.15, -0.1) is 11.3 Å². The summed E-state index contributed by atoms with van der Waals surface area (Å²) in [5.74, 6) is 0.0526. The largest absolute Gasteiger partial charge is 0.302 e. The molecule has 1 N–H and O–H groups in total. The topological polar surface area (TPSA) is 45.9 Å². The van der Waals surface area contributed by atoms with Gasteiger partial charge in [-0.3, -0.25) is 4.79 Å². The van der Waals surface area contributed by atoms with Crippen LogP contribution in [0.5, 0.6) is 0 Å². The quantitative estimate of drug-likeness (QED) is 0.657. The lowest BCUT2D eigenvalue weighted by Crippen LogP contribution is -2.32. The Kier molecular flexibility index (Phi) is 5.24. The second-order valence-corrected chi connectivity index (χ2v) is 5.98. The number of carbonyl (C=O) groups is 1. The molecule has 0 aliphatic heterocycles. The van der Waals surface area contributed by atoms with Crippen LogP contribution in [0.3, 0.4) is 0 Å². The van der Waals surface area contributed by atoms with E-state index in [1.807, 2.05) is 44.4 Å². The third-order valence-corrected chi connectivity index (χ3v) is 4.11. The number of amides is 1. The number of thiazole rings is 1. The number of hydrogen-bond donors (Lipinski definition) is 1. The summed E-state index contributed by atoms with van der Waals surface area (Å²) in [5.41, 5.74) is 0.991. The molecular weight excluding hydrogens is 270 g/mol. The van der Waals surface area contributed by atoms with E-state index in [0.717, 1.165) is 30.0 Å². The second-order valence-electron chi connectivity index (χ2n) is 4.78. The summed E-state index contributed by atoms with van der Waals surface area (Å²) in [6.45, 7) is 4.92. The number of rotatable bonds is 6. The first-order chi connectivity index (χ1) is 9.65. The first-order valence-corrected chi connectivity index (χ1v) is 7.65. The first-order valence-electron chi connectivity index (χ1n) is 6.83. The lowest BCUT2D eigenvalue weighted by Gasteiger charge is -2.00. The van der Waals surface area contributed by atoms with Crippen LogP contribution in [0.1, 0.15) is 29.8 Å². The van der Waals surface area contributed by atoms with Gasteiger partial charge in [-0.25, -0.2) is 9.55 Å². The zero-order valence-electron chi connectivity index (χ0n) is 11.9. The van der Waals surface area contributed by atoms with E-state index in [-0.39, 0.29) is 5.91 Å². The molecule has 1 amide bonds. The highest BCUT2D eigenvalue weighted by Gasteiger charge is 2.08. The summed E-state index contributed by atoms with van der Waals surface area (Å²) >= 11 is 1.53. The van der Waals surface area contributed by atoms with Gasteiger partial charge in [0.25, 0.3) is 0 Å². The van der Waals surface area contributed by atoms with Crippen molar-refractivity contribution in [2.45, 2.75) is 39.7 Å². The number of nitrogens with one attached hydrogen (secondary N) is 1. The van der Waals surface area contributed by atoms with E-state index in [4.69, 9.17) is 0 Å². The maximum atomic E-state index is 11.8. The zero-order valence-corrected chi connectivity index (χ0v) is 12.7. The Bertz CT molecular complexity index is 546. The number of pyridine rings is 1. The number of unbranched alkanes of at least 4 members (excludes halogenated alkanes) is 1. The van der Waals surface area contributed by atoms with Crippen molar-refractivity contribution in [2.24, 2.45) is 0 Å². The molecule has 0 unspecified atom stereocenters. The predicted octanol–water partition coefficient (Wildman–Crippen LogP) is 2.86. The highest BCUT2D eigenvalue weighted by atomic mass is 32.1. The first kappa shape index (κ1) is 14.7. The van der Waals surface area contributed by atoms with Crippen molar-refractivity contribution < 1.29 is 9.36 Å². The molecule has 4 nitrogen and oxygen atoms in total. The van der Waals surface area contributed by atoms with Crippen molar-refractivity contribution in [1.29, 1.82) is 0 Å². The predicted molar refractivity (Wildman–Crippen MR) is 80.7 cm³/mol. The van der Waals surface area contributed by atoms with E-state index in [1.54, 1.807) is 0 Å². The van der Waals surface area contributed by atoms with Crippen LogP contribution in [-0.4, -0.2) is 10.9 Å². The average molecular weight is 290 g/mol. The van der Waals surface area contributed by atoms with Crippen LogP contribution < -0.4 is 9.88 Å². The highest BCUT2D eigenvalue weighted by molar-refractivity contribution is 7.15. The van der Waals surface area contributed by atoms with E-state index in [2.05, 4.69) is 14.9 Å². The molecule has 0 aliphatic carbocycles. The fraction of sp³-hybridized carbons (Fsp3) is 0.400. The molecule has 0 spiro atoms. The van der Waals surface area contributed by atoms with Crippen LogP contribution in [0, 0.1) is 13.8 Å². The highest BCUT2D eigenvalue weighted by Crippen LogP contribution is 2.21. The third-order valence-electron chi connectivity index (χ3n) is 3.12. The molecule has 106 valence electrons. The van der Waals surface area contributed by atoms with Gasteiger partial charge < -0.3 is 5.32 Å². The van der Waals surface area contributed by atoms with Crippen LogP contribution >= 0.6 is 11.3 Å². The number of nitrogens with zero attached hydrogens (tertiary/aromatic N) is 2. The number of hydrogen-bond acceptors (Lipinski definition) is 3. The molecule has 0 atom stereocenters. The van der Waals surface area contributed by atoms with Crippen molar-refractivity contribution in [3.05, 3.63) is 41.2 Å². The lowest BCUT2D eigenvalue weighted by atomic mass is 10.2. The normalized spacial score (nSPS) is 10.5. The van der Waals surface area contributed by atoms with E-state index >= 15 is 0 Å². The van der Waals surface area contributed by atoms with Crippen LogP contribution in [0.4, 0.5) is 5.13 Å². The molecule has 0 aliphatic rings. The number of carbonyl (C=O) groups excluding carboxylic acids is 1. The maximum absolute atomic E-state index is 11.8. The van der Waals surface area contributed by atoms with Gasteiger partial charge in [0.15, 0.2) is 17.5 Å². The van der Waals surface area contributed by atoms with Gasteiger partial charge in [-0.1, -0.05) is 6.07 Å². The Morgan fingerprint density at radius 3 is 2.65 bits per heavy atom. The molecule has 0 fully saturated rings. The summed E-state index contributed by atoms with van der Waals surface area (Å²) in [5, 5.41) is 3.57. The Morgan fingerprint density at radius 1 is 1.25 bits per heavy atom. The van der Waals surface area contributed by atoms with Gasteiger partial charge in [0.05, 0.1) is 5.69 Å². The van der Waals surface area contributed by atoms with Crippen molar-refractivity contribution in [3.63, 3.8) is 0 Å². The SMILES string of the molecule is Cc1nc(NC(=O)CCCC[n+]2ccccc2)sc1C. The lowest BCUT2D eigenvalue weighted by molar-refractivity contribution is -0.697. The molecule has 2 heterocycles. The summed E-state index contributed by atoms with van der Waals surface area (Å²) < 4.78 is 2.13. The van der Waals surface area contributed by atoms with Crippen molar-refractivity contribution >= 4 is 22.4 Å². The molecule has 2 aromatic rings. The number of anilines is 1. The van der Waals surface area contributed by atoms with Crippen molar-refractivity contribution in [1.82, 2.24) is 4.98 Å². The minimum atomic E-state index is 0.0526. The molecular formula is C15H20N3OS+. The van der Waals surface area contributed by atoms with Gasteiger partial charge in [0.1, 0.15) is 6.54 Å². The molecule has 5 heteroatoms. The van der Waals surface area contributed by atoms with Crippen LogP contribution in [0.2, 0.25) is 0 Å². The molecule has 0 radical (unpaired) electrons. The summed E-state index contributed by atoms with van der Waals surface area (Å²) in [4.78, 5) is 17.3. The molecule has 20 heavy (non-hydrogen) atoms. The van der Waals surface area contributed by atoms with Crippen molar-refractivity contribution in [2.75, 3.05) is 5.32 Å². The number of aryl methyl sites for hydroxylation is 3. The molecule has 2 rings (SSSR count). The smallest absolute Gasteiger partial charge is 0.226 e. The molecule has 0 aromatic carbocycles. The molecule has 0 saturated heterocycles. The number of aromatic nitrogens is 2. The third kappa shape index (κ3) is 4.42. The minimum Gasteiger partial charge on any atom is -0.302 e. The van der Waals surface area contributed by atoms with Gasteiger partial charge in [-0.2, -0.15) is 0 Å². The Labute approximate surface area is 123 Å². The maximum Gasteiger partial charge on any atom is 0.226 e. The van der Waals surface area contributed by atoms with E-state index in [1.165, 1.54) is 11.3 Å². The van der Waals surface area contributed by atoms with Crippen molar-refractivity contribution in [3.8, 4) is 0 Å². The fourth-order valence-corrected chi connectivity index (χ4v) is 2.70. The summed E-state index contributed by atoms with van der Waals surface area (Å²) in [6, 6.07) is 6.03. The molecule has 0 bridgehead atoms. The summed E-state index contributed by atoms with van der Waals surface area (Å²) in [7, 11) is 0. The monoisotopic (exact) mass is 290 g/mol. The average Bonchev–Trinajstić information content (AvgIpc) is 2.74. The minimum absolute atomic E-state index is 0.0526. The summed E-state index contributed by atoms with van der Waals surface area (Å²) in [6.07, 6.45) is 6.52.